The smallest absolute Gasteiger partial charge is 0.272 e. The van der Waals surface area contributed by atoms with Gasteiger partial charge in [0.15, 0.2) is 5.15 Å². The van der Waals surface area contributed by atoms with Crippen molar-refractivity contribution in [3.05, 3.63) is 88.8 Å². The average molecular weight is 988 g/mol. The molecule has 3 aliphatic heterocycles. The van der Waals surface area contributed by atoms with Gasteiger partial charge in [0.2, 0.25) is 17.7 Å². The second-order valence-electron chi connectivity index (χ2n) is 17.6. The standard InChI is InChI=1S/C46H60Cl2N16O5/c47-33-3-1-32(2-4-33)36(58-45(68)46(49)11-20-62(21-12-46)43-35-7-13-52-42(35)53-31-54-43)10-17-60-24-26-61(27-25-60)40(66)30-51-16-28-69-34-8-18-63(19-9-34)44(67)38-6-5-37(41(48)57-38)56-39(65)29-50-14-22-64-23-15-55-59-64/h1-7,13,15,23,31,34,36,50-51H,8-12,14,16-22,24-30,49H2,(H,56,65)(H,58,68)(H,52,53,54). The molecular weight excluding hydrogens is 928 g/mol. The monoisotopic (exact) mass is 986 g/mol. The van der Waals surface area contributed by atoms with Crippen LogP contribution in [0.25, 0.3) is 11.0 Å². The molecule has 0 aliphatic carbocycles. The van der Waals surface area contributed by atoms with E-state index in [9.17, 15) is 19.2 Å². The van der Waals surface area contributed by atoms with Gasteiger partial charge >= 0.3 is 0 Å². The number of pyridine rings is 1. The van der Waals surface area contributed by atoms with Gasteiger partial charge in [0, 0.05) is 89.4 Å². The van der Waals surface area contributed by atoms with Gasteiger partial charge in [-0.3, -0.25) is 28.8 Å². The van der Waals surface area contributed by atoms with Crippen LogP contribution in [0, 0.1) is 0 Å². The number of carbonyl (C=O) groups excluding carboxylic acids is 4. The van der Waals surface area contributed by atoms with E-state index < -0.39 is 5.54 Å². The highest BCUT2D eigenvalue weighted by atomic mass is 35.5. The molecule has 3 aliphatic rings. The third-order valence-electron chi connectivity index (χ3n) is 13.0. The van der Waals surface area contributed by atoms with E-state index in [2.05, 4.69) is 61.3 Å². The number of amides is 4. The number of hydrogen-bond acceptors (Lipinski definition) is 15. The lowest BCUT2D eigenvalue weighted by Gasteiger charge is -2.39. The highest BCUT2D eigenvalue weighted by molar-refractivity contribution is 6.32. The van der Waals surface area contributed by atoms with Crippen molar-refractivity contribution in [1.29, 1.82) is 0 Å². The minimum Gasteiger partial charge on any atom is -0.377 e. The fourth-order valence-electron chi connectivity index (χ4n) is 8.89. The van der Waals surface area contributed by atoms with E-state index in [1.165, 1.54) is 0 Å². The summed E-state index contributed by atoms with van der Waals surface area (Å²) < 4.78 is 7.75. The summed E-state index contributed by atoms with van der Waals surface area (Å²) in [4.78, 5) is 77.0. The van der Waals surface area contributed by atoms with Crippen LogP contribution in [-0.2, 0) is 25.7 Å². The Morgan fingerprint density at radius 2 is 1.64 bits per heavy atom. The molecule has 21 nitrogen and oxygen atoms in total. The first-order valence-corrected chi connectivity index (χ1v) is 24.3. The molecule has 8 rings (SSSR count). The van der Waals surface area contributed by atoms with E-state index in [4.69, 9.17) is 33.7 Å². The maximum atomic E-state index is 13.9. The molecule has 1 atom stereocenters. The van der Waals surface area contributed by atoms with Crippen LogP contribution in [0.3, 0.4) is 0 Å². The Labute approximate surface area is 410 Å². The number of H-pyrrole nitrogens is 1. The Balaban J connectivity index is 0.696. The maximum Gasteiger partial charge on any atom is 0.272 e. The molecule has 7 heterocycles. The van der Waals surface area contributed by atoms with Gasteiger partial charge in [0.1, 0.15) is 23.5 Å². The Kier molecular flexibility index (Phi) is 17.0. The van der Waals surface area contributed by atoms with Crippen molar-refractivity contribution in [2.24, 2.45) is 5.73 Å². The second kappa shape index (κ2) is 23.7. The molecule has 368 valence electrons. The molecule has 0 saturated carbocycles. The number of fused-ring (bicyclic) bond motifs is 1. The van der Waals surface area contributed by atoms with Crippen LogP contribution in [0.15, 0.2) is 67.4 Å². The highest BCUT2D eigenvalue weighted by Gasteiger charge is 2.39. The van der Waals surface area contributed by atoms with Crippen molar-refractivity contribution in [2.75, 3.05) is 102 Å². The number of piperidine rings is 2. The van der Waals surface area contributed by atoms with Crippen LogP contribution in [0.5, 0.6) is 0 Å². The average Bonchev–Trinajstić information content (AvgIpc) is 4.09. The molecule has 3 fully saturated rings. The van der Waals surface area contributed by atoms with E-state index in [1.807, 2.05) is 41.4 Å². The number of hydrogen-bond donors (Lipinski definition) is 6. The number of anilines is 2. The molecule has 4 amide bonds. The summed E-state index contributed by atoms with van der Waals surface area (Å²) >= 11 is 12.6. The quantitative estimate of drug-likeness (QED) is 0.0483. The number of rotatable bonds is 20. The molecule has 0 spiro atoms. The zero-order valence-corrected chi connectivity index (χ0v) is 40.0. The van der Waals surface area contributed by atoms with Crippen molar-refractivity contribution in [3.63, 3.8) is 0 Å². The van der Waals surface area contributed by atoms with Crippen LogP contribution in [0.1, 0.15) is 54.2 Å². The van der Waals surface area contributed by atoms with Crippen molar-refractivity contribution in [3.8, 4) is 0 Å². The lowest BCUT2D eigenvalue weighted by molar-refractivity contribution is -0.132. The molecule has 3 saturated heterocycles. The molecule has 1 aromatic carbocycles. The van der Waals surface area contributed by atoms with Gasteiger partial charge in [-0.15, -0.1) is 5.10 Å². The van der Waals surface area contributed by atoms with E-state index in [0.29, 0.717) is 108 Å². The Bertz CT molecular complexity index is 2490. The van der Waals surface area contributed by atoms with Crippen LogP contribution in [0.2, 0.25) is 10.2 Å². The fourth-order valence-corrected chi connectivity index (χ4v) is 9.22. The number of halogens is 2. The fraction of sp³-hybridized carbons (Fsp3) is 0.500. The van der Waals surface area contributed by atoms with Crippen molar-refractivity contribution < 1.29 is 23.9 Å². The lowest BCUT2D eigenvalue weighted by atomic mass is 9.87. The molecule has 7 N–H and O–H groups in total. The van der Waals surface area contributed by atoms with Gasteiger partial charge in [0.25, 0.3) is 5.91 Å². The predicted molar refractivity (Wildman–Crippen MR) is 261 cm³/mol. The molecule has 4 aromatic heterocycles. The number of piperazine rings is 1. The second-order valence-corrected chi connectivity index (χ2v) is 18.4. The predicted octanol–water partition coefficient (Wildman–Crippen LogP) is 2.08. The molecule has 69 heavy (non-hydrogen) atoms. The van der Waals surface area contributed by atoms with Crippen LogP contribution in [-0.4, -0.2) is 177 Å². The minimum absolute atomic E-state index is 0.00622. The highest BCUT2D eigenvalue weighted by Crippen LogP contribution is 2.30. The zero-order chi connectivity index (χ0) is 48.2. The Morgan fingerprint density at radius 3 is 2.38 bits per heavy atom. The third-order valence-corrected chi connectivity index (χ3v) is 13.6. The number of nitrogens with zero attached hydrogens (tertiary/aromatic N) is 10. The minimum atomic E-state index is -1.02. The number of aromatic amines is 1. The van der Waals surface area contributed by atoms with Gasteiger partial charge in [-0.1, -0.05) is 40.5 Å². The van der Waals surface area contributed by atoms with Crippen LogP contribution >= 0.6 is 23.2 Å². The molecule has 1 unspecified atom stereocenters. The largest absolute Gasteiger partial charge is 0.377 e. The van der Waals surface area contributed by atoms with E-state index in [-0.39, 0.29) is 59.7 Å². The Hall–Kier alpha value is -5.81. The first-order chi connectivity index (χ1) is 33.5. The summed E-state index contributed by atoms with van der Waals surface area (Å²) in [6.07, 6.45) is 9.69. The Morgan fingerprint density at radius 1 is 0.870 bits per heavy atom. The molecular formula is C46H60Cl2N16O5. The van der Waals surface area contributed by atoms with Gasteiger partial charge in [-0.2, -0.15) is 0 Å². The normalized spacial score (nSPS) is 17.2. The number of likely N-dealkylation sites (tertiary alicyclic amines) is 1. The number of benzene rings is 1. The molecule has 23 heteroatoms. The van der Waals surface area contributed by atoms with E-state index in [1.54, 1.807) is 40.4 Å². The van der Waals surface area contributed by atoms with Gasteiger partial charge in [-0.05, 0) is 68.0 Å². The topological polar surface area (TPSA) is 250 Å². The van der Waals surface area contributed by atoms with Gasteiger partial charge in [0.05, 0.1) is 61.2 Å². The molecule has 0 radical (unpaired) electrons. The summed E-state index contributed by atoms with van der Waals surface area (Å²) in [7, 11) is 0. The van der Waals surface area contributed by atoms with Crippen molar-refractivity contribution >= 4 is 69.4 Å². The number of aromatic nitrogens is 7. The van der Waals surface area contributed by atoms with Crippen molar-refractivity contribution in [2.45, 2.75) is 56.3 Å². The van der Waals surface area contributed by atoms with E-state index >= 15 is 0 Å². The SMILES string of the molecule is NC1(C(=O)NC(CCN2CCN(C(=O)CNCCOC3CCN(C(=O)c4ccc(NC(=O)CNCCn5ccnn5)c(Cl)n4)CC3)CC2)c2ccc(Cl)cc2)CCN(c2ncnc3[nH]ccc23)CC1. The molecule has 0 bridgehead atoms. The van der Waals surface area contributed by atoms with Crippen LogP contribution in [0.4, 0.5) is 11.5 Å². The number of carbonyl (C=O) groups is 4. The molecule has 5 aromatic rings. The van der Waals surface area contributed by atoms with Crippen molar-refractivity contribution in [1.82, 2.24) is 65.6 Å². The first-order valence-electron chi connectivity index (χ1n) is 23.5. The summed E-state index contributed by atoms with van der Waals surface area (Å²) in [5, 5.41) is 21.5. The lowest BCUT2D eigenvalue weighted by Crippen LogP contribution is -2.60. The number of nitrogens with two attached hydrogens (primary N) is 1. The number of ether oxygens (including phenoxy) is 1. The summed E-state index contributed by atoms with van der Waals surface area (Å²) in [6, 6.07) is 12.4. The zero-order valence-electron chi connectivity index (χ0n) is 38.5. The van der Waals surface area contributed by atoms with Gasteiger partial charge in [-0.25, -0.2) is 15.0 Å². The summed E-state index contributed by atoms with van der Waals surface area (Å²) in [5.74, 6) is 0.186. The van der Waals surface area contributed by atoms with Crippen LogP contribution < -0.4 is 31.9 Å². The first kappa shape index (κ1) is 49.6. The van der Waals surface area contributed by atoms with Gasteiger partial charge < -0.3 is 51.4 Å². The number of nitrogens with one attached hydrogen (secondary N) is 5. The summed E-state index contributed by atoms with van der Waals surface area (Å²) in [5.41, 5.74) is 8.07. The van der Waals surface area contributed by atoms with E-state index in [0.717, 1.165) is 42.0 Å². The third kappa shape index (κ3) is 13.3. The summed E-state index contributed by atoms with van der Waals surface area (Å²) in [6.45, 7) is 7.96. The maximum absolute atomic E-state index is 13.9.